The lowest BCUT2D eigenvalue weighted by atomic mass is 9.79. The van der Waals surface area contributed by atoms with Crippen molar-refractivity contribution in [3.8, 4) is 0 Å². The Morgan fingerprint density at radius 3 is 0.756 bits per heavy atom. The van der Waals surface area contributed by atoms with Gasteiger partial charge in [0.15, 0.2) is 22.9 Å². The van der Waals surface area contributed by atoms with E-state index in [2.05, 4.69) is 20.8 Å². The normalized spacial score (nSPS) is 11.6. The van der Waals surface area contributed by atoms with E-state index in [1.807, 2.05) is 0 Å². The van der Waals surface area contributed by atoms with Gasteiger partial charge in [-0.05, 0) is 19.3 Å². The van der Waals surface area contributed by atoms with Crippen LogP contribution in [0.3, 0.4) is 0 Å². The number of rotatable bonds is 27. The Morgan fingerprint density at radius 1 is 0.422 bits per heavy atom. The molecule has 0 radical (unpaired) electrons. The quantitative estimate of drug-likeness (QED) is 0.0321. The smallest absolute Gasteiger partial charge is 0.307 e. The van der Waals surface area contributed by atoms with Gasteiger partial charge in [-0.3, -0.25) is 32.6 Å². The summed E-state index contributed by atoms with van der Waals surface area (Å²) in [6.45, 7) is 6.60. The Bertz CT molecular complexity index is 848. The van der Waals surface area contributed by atoms with Gasteiger partial charge in [0.25, 0.3) is 0 Å². The van der Waals surface area contributed by atoms with E-state index < -0.39 is 26.3 Å². The van der Waals surface area contributed by atoms with Crippen molar-refractivity contribution < 1.29 is 49.4 Å². The number of hydrogen-bond acceptors (Lipinski definition) is 8. The molecular formula is C31H63NO11S2. The topological polar surface area (TPSA) is 226 Å². The highest BCUT2D eigenvalue weighted by molar-refractivity contribution is 7.80. The molecular weight excluding hydrogens is 626 g/mol. The fraction of sp³-hybridized carbons (Fsp3) is 0.903. The second-order valence-electron chi connectivity index (χ2n) is 11.6. The molecule has 0 saturated heterocycles. The first kappa shape index (κ1) is 48.1. The lowest BCUT2D eigenvalue weighted by Gasteiger charge is -2.25. The van der Waals surface area contributed by atoms with Crippen LogP contribution in [0, 0.1) is 0 Å². The molecule has 0 aromatic carbocycles. The molecule has 270 valence electrons. The third-order valence-corrected chi connectivity index (χ3v) is 7.34. The zero-order valence-corrected chi connectivity index (χ0v) is 29.6. The average molecular weight is 690 g/mol. The molecule has 0 rings (SSSR count). The first-order valence-corrected chi connectivity index (χ1v) is 19.5. The van der Waals surface area contributed by atoms with E-state index in [-0.39, 0.29) is 36.6 Å². The van der Waals surface area contributed by atoms with Gasteiger partial charge < -0.3 is 5.73 Å². The molecule has 0 spiro atoms. The van der Waals surface area contributed by atoms with Crippen molar-refractivity contribution in [3.05, 3.63) is 0 Å². The van der Waals surface area contributed by atoms with Crippen LogP contribution in [0.4, 0.5) is 0 Å². The number of hydrogen-bond donors (Lipinski definition) is 5. The Kier molecular flexibility index (Phi) is 32.1. The minimum absolute atomic E-state index is 0.246. The minimum atomic E-state index is -4.67. The molecule has 0 bridgehead atoms. The Morgan fingerprint density at radius 2 is 0.578 bits per heavy atom. The van der Waals surface area contributed by atoms with Crippen LogP contribution in [-0.2, 0) is 35.2 Å². The molecule has 6 N–H and O–H groups in total. The Hall–Kier alpha value is -1.29. The van der Waals surface area contributed by atoms with Gasteiger partial charge in [-0.1, -0.05) is 136 Å². The van der Waals surface area contributed by atoms with Crippen LogP contribution < -0.4 is 5.73 Å². The van der Waals surface area contributed by atoms with Crippen LogP contribution in [-0.4, -0.2) is 57.9 Å². The molecule has 0 aliphatic heterocycles. The van der Waals surface area contributed by atoms with Crippen LogP contribution >= 0.6 is 0 Å². The molecule has 0 amide bonds. The van der Waals surface area contributed by atoms with Crippen molar-refractivity contribution in [2.75, 3.05) is 0 Å². The molecule has 45 heavy (non-hydrogen) atoms. The van der Waals surface area contributed by atoms with Gasteiger partial charge in [0.1, 0.15) is 0 Å². The zero-order chi connectivity index (χ0) is 35.2. The van der Waals surface area contributed by atoms with Crippen molar-refractivity contribution in [3.63, 3.8) is 0 Å². The van der Waals surface area contributed by atoms with Crippen LogP contribution in [0.1, 0.15) is 175 Å². The van der Waals surface area contributed by atoms with E-state index in [0.29, 0.717) is 0 Å². The van der Waals surface area contributed by atoms with Gasteiger partial charge >= 0.3 is 20.8 Å². The van der Waals surface area contributed by atoms with E-state index in [9.17, 15) is 14.4 Å². The molecule has 14 heteroatoms. The van der Waals surface area contributed by atoms with Crippen LogP contribution in [0.15, 0.2) is 0 Å². The van der Waals surface area contributed by atoms with Gasteiger partial charge in [0, 0.05) is 19.3 Å². The fourth-order valence-corrected chi connectivity index (χ4v) is 4.79. The van der Waals surface area contributed by atoms with Crippen molar-refractivity contribution in [2.45, 2.75) is 180 Å². The molecule has 0 atom stereocenters. The highest BCUT2D eigenvalue weighted by atomic mass is 32.3. The maximum atomic E-state index is 13.1. The van der Waals surface area contributed by atoms with Gasteiger partial charge in [-0.25, -0.2) is 0 Å². The lowest BCUT2D eigenvalue weighted by Crippen LogP contribution is -2.61. The van der Waals surface area contributed by atoms with Gasteiger partial charge in [0.2, 0.25) is 0 Å². The largest absolute Gasteiger partial charge is 0.394 e. The van der Waals surface area contributed by atoms with Crippen molar-refractivity contribution in [2.24, 2.45) is 5.73 Å². The summed E-state index contributed by atoms with van der Waals surface area (Å²) in [6, 6.07) is 0. The van der Waals surface area contributed by atoms with Gasteiger partial charge in [-0.15, -0.1) is 0 Å². The monoisotopic (exact) mass is 689 g/mol. The summed E-state index contributed by atoms with van der Waals surface area (Å²) in [5, 5.41) is 0. The number of ketones is 3. The Labute approximate surface area is 273 Å². The Balaban J connectivity index is -0.00000151. The van der Waals surface area contributed by atoms with E-state index in [1.54, 1.807) is 0 Å². The second-order valence-corrected chi connectivity index (χ2v) is 13.4. The fourth-order valence-electron chi connectivity index (χ4n) is 4.79. The number of unbranched alkanes of at least 4 members (excludes halogenated alkanes) is 18. The summed E-state index contributed by atoms with van der Waals surface area (Å²) < 4.78 is 63.2. The summed E-state index contributed by atoms with van der Waals surface area (Å²) in [6.07, 6.45) is 23.8. The third-order valence-electron chi connectivity index (χ3n) is 7.34. The SMILES string of the molecule is CCCCCCCCCC(=O)C(N)(C(=O)CCCCCCCCC)C(=O)CCCCCCCCC.O=S(=O)(O)O.O=S(=O)(O)O. The van der Waals surface area contributed by atoms with Gasteiger partial charge in [-0.2, -0.15) is 16.8 Å². The van der Waals surface area contributed by atoms with Gasteiger partial charge in [0.05, 0.1) is 0 Å². The van der Waals surface area contributed by atoms with E-state index in [1.165, 1.54) is 77.0 Å². The van der Waals surface area contributed by atoms with Crippen molar-refractivity contribution in [1.29, 1.82) is 0 Å². The second kappa shape index (κ2) is 30.1. The van der Waals surface area contributed by atoms with Crippen molar-refractivity contribution >= 4 is 38.1 Å². The third kappa shape index (κ3) is 37.0. The van der Waals surface area contributed by atoms with Crippen molar-refractivity contribution in [1.82, 2.24) is 0 Å². The number of Topliss-reactive ketones (excluding diaryl/α,β-unsaturated/α-hetero) is 3. The predicted molar refractivity (Wildman–Crippen MR) is 178 cm³/mol. The number of carbonyl (C=O) groups is 3. The molecule has 0 fully saturated rings. The molecule has 0 saturated carbocycles. The highest BCUT2D eigenvalue weighted by Crippen LogP contribution is 2.21. The molecule has 0 aromatic heterocycles. The zero-order valence-electron chi connectivity index (χ0n) is 28.0. The predicted octanol–water partition coefficient (Wildman–Crippen LogP) is 7.51. The standard InChI is InChI=1S/C31H59NO3.2H2O4S/c1-4-7-10-13-16-19-22-25-28(33)31(32,29(34)26-23-20-17-14-11-8-5-2)30(35)27-24-21-18-15-12-9-6-3;2*1-5(2,3)4/h4-27,32H2,1-3H3;2*(H2,1,2,3,4). The molecule has 0 heterocycles. The minimum Gasteiger partial charge on any atom is -0.307 e. The van der Waals surface area contributed by atoms with Crippen LogP contribution in [0.5, 0.6) is 0 Å². The number of nitrogens with two attached hydrogens (primary N) is 1. The van der Waals surface area contributed by atoms with E-state index in [4.69, 9.17) is 40.8 Å². The molecule has 0 unspecified atom stereocenters. The maximum absolute atomic E-state index is 13.1. The number of carbonyl (C=O) groups excluding carboxylic acids is 3. The molecule has 0 aliphatic rings. The van der Waals surface area contributed by atoms with Crippen LogP contribution in [0.2, 0.25) is 0 Å². The summed E-state index contributed by atoms with van der Waals surface area (Å²) in [5.74, 6) is -1.02. The summed E-state index contributed by atoms with van der Waals surface area (Å²) in [5.41, 5.74) is 4.51. The van der Waals surface area contributed by atoms with E-state index in [0.717, 1.165) is 57.8 Å². The van der Waals surface area contributed by atoms with Crippen LogP contribution in [0.25, 0.3) is 0 Å². The highest BCUT2D eigenvalue weighted by Gasteiger charge is 2.46. The van der Waals surface area contributed by atoms with E-state index >= 15 is 0 Å². The summed E-state index contributed by atoms with van der Waals surface area (Å²) in [7, 11) is -9.33. The molecule has 0 aliphatic carbocycles. The lowest BCUT2D eigenvalue weighted by molar-refractivity contribution is -0.142. The summed E-state index contributed by atoms with van der Waals surface area (Å²) in [4.78, 5) is 39.4. The molecule has 12 nitrogen and oxygen atoms in total. The first-order valence-electron chi connectivity index (χ1n) is 16.7. The average Bonchev–Trinajstić information content (AvgIpc) is 2.93. The summed E-state index contributed by atoms with van der Waals surface area (Å²) >= 11 is 0. The maximum Gasteiger partial charge on any atom is 0.394 e. The first-order chi connectivity index (χ1) is 20.9. The molecule has 0 aromatic rings.